The second kappa shape index (κ2) is 19.1. The van der Waals surface area contributed by atoms with Gasteiger partial charge >= 0.3 is 6.09 Å². The molecule has 1 aromatic carbocycles. The van der Waals surface area contributed by atoms with Gasteiger partial charge in [0.25, 0.3) is 0 Å². The number of benzene rings is 1. The van der Waals surface area contributed by atoms with Crippen molar-refractivity contribution in [2.45, 2.75) is 85.0 Å². The maximum Gasteiger partial charge on any atom is 0.407 e. The van der Waals surface area contributed by atoms with Gasteiger partial charge in [0.15, 0.2) is 11.5 Å². The van der Waals surface area contributed by atoms with Crippen LogP contribution in [0, 0.1) is 17.8 Å². The number of hydrogen-bond acceptors (Lipinski definition) is 9. The Kier molecular flexibility index (Phi) is 17.2. The van der Waals surface area contributed by atoms with Crippen LogP contribution >= 0.6 is 0 Å². The maximum absolute atomic E-state index is 12.8. The quantitative estimate of drug-likeness (QED) is 0.178. The highest BCUT2D eigenvalue weighted by Crippen LogP contribution is 2.32. The number of carbonyl (C=O) groups is 2. The average Bonchev–Trinajstić information content (AvgIpc) is 2.93. The van der Waals surface area contributed by atoms with Gasteiger partial charge in [-0.15, -0.1) is 0 Å². The molecule has 1 rings (SSSR count). The summed E-state index contributed by atoms with van der Waals surface area (Å²) >= 11 is 0. The number of rotatable bonds is 20. The van der Waals surface area contributed by atoms with Crippen molar-refractivity contribution < 1.29 is 42.1 Å². The molecule has 0 fully saturated rings. The van der Waals surface area contributed by atoms with Crippen LogP contribution in [0.5, 0.6) is 11.5 Å². The number of nitrogens with one attached hydrogen (secondary N) is 2. The summed E-state index contributed by atoms with van der Waals surface area (Å²) in [5.74, 6) is 0.240. The lowest BCUT2D eigenvalue weighted by atomic mass is 9.82. The van der Waals surface area contributed by atoms with Crippen LogP contribution < -0.4 is 20.1 Å². The monoisotopic (exact) mass is 659 g/mol. The van der Waals surface area contributed by atoms with Gasteiger partial charge in [0, 0.05) is 46.7 Å². The zero-order valence-corrected chi connectivity index (χ0v) is 29.7. The van der Waals surface area contributed by atoms with Gasteiger partial charge in [0.2, 0.25) is 15.9 Å². The van der Waals surface area contributed by atoms with Crippen molar-refractivity contribution in [2.24, 2.45) is 17.8 Å². The molecule has 0 radical (unpaired) electrons. The molecule has 1 aromatic rings. The first-order valence-electron chi connectivity index (χ1n) is 15.5. The van der Waals surface area contributed by atoms with Crippen molar-refractivity contribution >= 4 is 22.0 Å². The third-order valence-electron chi connectivity index (χ3n) is 7.40. The van der Waals surface area contributed by atoms with Crippen molar-refractivity contribution in [1.82, 2.24) is 14.9 Å². The van der Waals surface area contributed by atoms with Crippen molar-refractivity contribution in [3.63, 3.8) is 0 Å². The molecule has 260 valence electrons. The number of nitrogens with zero attached hydrogens (tertiary/aromatic N) is 1. The molecule has 0 aliphatic carbocycles. The number of aliphatic hydroxyl groups excluding tert-OH is 1. The molecule has 0 spiro atoms. The summed E-state index contributed by atoms with van der Waals surface area (Å²) in [7, 11) is 2.65. The summed E-state index contributed by atoms with van der Waals surface area (Å²) in [6, 6.07) is 5.09. The van der Waals surface area contributed by atoms with Gasteiger partial charge in [-0.05, 0) is 69.6 Å². The molecule has 0 saturated carbocycles. The molecular weight excluding hydrogens is 602 g/mol. The molecule has 2 amide bonds. The molecule has 0 unspecified atom stereocenters. The van der Waals surface area contributed by atoms with Crippen LogP contribution in [0.3, 0.4) is 0 Å². The molecule has 3 N–H and O–H groups in total. The first-order valence-corrected chi connectivity index (χ1v) is 17.1. The van der Waals surface area contributed by atoms with Crippen molar-refractivity contribution in [2.75, 3.05) is 53.8 Å². The zero-order valence-electron chi connectivity index (χ0n) is 28.8. The van der Waals surface area contributed by atoms with Crippen LogP contribution in [0.25, 0.3) is 0 Å². The van der Waals surface area contributed by atoms with Gasteiger partial charge in [-0.2, -0.15) is 0 Å². The van der Waals surface area contributed by atoms with E-state index >= 15 is 0 Å². The molecule has 0 aromatic heterocycles. The number of hydrogen-bond donors (Lipinski definition) is 3. The normalized spacial score (nSPS) is 14.9. The number of sulfonamides is 1. The highest BCUT2D eigenvalue weighted by molar-refractivity contribution is 7.89. The van der Waals surface area contributed by atoms with E-state index < -0.39 is 39.8 Å². The second-order valence-electron chi connectivity index (χ2n) is 13.0. The third kappa shape index (κ3) is 15.5. The molecular formula is C32H57N3O9S. The van der Waals surface area contributed by atoms with Crippen LogP contribution in [-0.4, -0.2) is 101 Å². The fourth-order valence-electron chi connectivity index (χ4n) is 4.63. The molecule has 45 heavy (non-hydrogen) atoms. The minimum absolute atomic E-state index is 0.0368. The van der Waals surface area contributed by atoms with E-state index in [1.165, 1.54) is 14.1 Å². The van der Waals surface area contributed by atoms with Gasteiger partial charge < -0.3 is 34.7 Å². The van der Waals surface area contributed by atoms with Crippen LogP contribution in [-0.2, 0) is 30.7 Å². The van der Waals surface area contributed by atoms with Gasteiger partial charge in [-0.1, -0.05) is 26.8 Å². The van der Waals surface area contributed by atoms with E-state index in [2.05, 4.69) is 24.5 Å². The van der Waals surface area contributed by atoms with E-state index in [4.69, 9.17) is 18.9 Å². The van der Waals surface area contributed by atoms with E-state index in [0.717, 1.165) is 16.3 Å². The summed E-state index contributed by atoms with van der Waals surface area (Å²) in [4.78, 5) is 25.6. The highest BCUT2D eigenvalue weighted by Gasteiger charge is 2.31. The Bertz CT molecular complexity index is 1150. The molecule has 12 nitrogen and oxygen atoms in total. The van der Waals surface area contributed by atoms with E-state index in [0.29, 0.717) is 37.6 Å². The van der Waals surface area contributed by atoms with E-state index in [9.17, 15) is 23.1 Å². The summed E-state index contributed by atoms with van der Waals surface area (Å²) in [5, 5.41) is 16.8. The number of alkyl carbamates (subject to hydrolysis) is 1. The summed E-state index contributed by atoms with van der Waals surface area (Å²) in [5.41, 5.74) is 0.280. The average molecular weight is 660 g/mol. The van der Waals surface area contributed by atoms with Gasteiger partial charge in [0.05, 0.1) is 31.6 Å². The topological polar surface area (TPSA) is 153 Å². The minimum atomic E-state index is -3.46. The van der Waals surface area contributed by atoms with E-state index in [1.54, 1.807) is 41.9 Å². The minimum Gasteiger partial charge on any atom is -0.493 e. The summed E-state index contributed by atoms with van der Waals surface area (Å²) < 4.78 is 47.2. The van der Waals surface area contributed by atoms with Gasteiger partial charge in [-0.3, -0.25) is 4.79 Å². The number of ether oxygens (including phenoxy) is 4. The number of amides is 2. The zero-order chi connectivity index (χ0) is 34.4. The Labute approximate surface area is 270 Å². The van der Waals surface area contributed by atoms with Crippen molar-refractivity contribution in [3.05, 3.63) is 23.8 Å². The van der Waals surface area contributed by atoms with Crippen LogP contribution in [0.15, 0.2) is 18.2 Å². The van der Waals surface area contributed by atoms with Gasteiger partial charge in [0.1, 0.15) is 5.60 Å². The lowest BCUT2D eigenvalue weighted by Crippen LogP contribution is -2.48. The molecule has 0 saturated heterocycles. The molecule has 0 bridgehead atoms. The predicted molar refractivity (Wildman–Crippen MR) is 175 cm³/mol. The van der Waals surface area contributed by atoms with Gasteiger partial charge in [-0.25, -0.2) is 17.5 Å². The first-order chi connectivity index (χ1) is 20.9. The van der Waals surface area contributed by atoms with Crippen LogP contribution in [0.4, 0.5) is 4.79 Å². The lowest BCUT2D eigenvalue weighted by Gasteiger charge is -2.32. The Balaban J connectivity index is 3.10. The number of carbonyl (C=O) groups excluding carboxylic acids is 2. The molecule has 0 aliphatic rings. The summed E-state index contributed by atoms with van der Waals surface area (Å²) in [6.45, 7) is 12.1. The smallest absolute Gasteiger partial charge is 0.407 e. The largest absolute Gasteiger partial charge is 0.493 e. The molecule has 0 aliphatic heterocycles. The summed E-state index contributed by atoms with van der Waals surface area (Å²) in [6.07, 6.45) is 0.131. The third-order valence-corrected chi connectivity index (χ3v) is 9.23. The highest BCUT2D eigenvalue weighted by atomic mass is 32.2. The molecule has 13 heteroatoms. The maximum atomic E-state index is 12.8. The Morgan fingerprint density at radius 2 is 1.69 bits per heavy atom. The SMILES string of the molecule is COCCCOc1cc(C[C@@H](C[C@H](NC(=O)OC(C)(C)C)[C@@H](O)C[C@@H](C)C(=O)NCCS(=O)(=O)N(C)C)C(C)C)ccc1OC. The van der Waals surface area contributed by atoms with E-state index in [1.807, 2.05) is 18.2 Å². The first kappa shape index (κ1) is 40.4. The van der Waals surface area contributed by atoms with Crippen molar-refractivity contribution in [1.29, 1.82) is 0 Å². The Morgan fingerprint density at radius 3 is 2.24 bits per heavy atom. The predicted octanol–water partition coefficient (Wildman–Crippen LogP) is 3.60. The fourth-order valence-corrected chi connectivity index (χ4v) is 5.36. The second-order valence-corrected chi connectivity index (χ2v) is 15.3. The van der Waals surface area contributed by atoms with Crippen LogP contribution in [0.2, 0.25) is 0 Å². The Morgan fingerprint density at radius 1 is 1.02 bits per heavy atom. The lowest BCUT2D eigenvalue weighted by molar-refractivity contribution is -0.125. The standard InChI is InChI=1S/C32H57N3O9S/c1-22(2)25(19-24-12-13-28(42-10)29(20-24)43-16-11-15-41-9)21-26(34-31(38)44-32(4,5)6)27(36)18-23(3)30(37)33-14-17-45(39,40)35(7)8/h12-13,20,22-23,25-27,36H,11,14-19,21H2,1-10H3,(H,33,37)(H,34,38)/t23-,25+,26+,27+/m1/s1. The van der Waals surface area contributed by atoms with E-state index in [-0.39, 0.29) is 36.5 Å². The Hall–Kier alpha value is -2.61. The number of methoxy groups -OCH3 is 2. The fraction of sp³-hybridized carbons (Fsp3) is 0.750. The molecule has 4 atom stereocenters. The van der Waals surface area contributed by atoms with Crippen LogP contribution in [0.1, 0.15) is 66.4 Å². The van der Waals surface area contributed by atoms with Crippen molar-refractivity contribution in [3.8, 4) is 11.5 Å². The molecule has 0 heterocycles. The number of aliphatic hydroxyl groups is 1.